The molecule has 0 radical (unpaired) electrons. The summed E-state index contributed by atoms with van der Waals surface area (Å²) in [6, 6.07) is 17.1. The molecular weight excluding hydrogens is 256 g/mol. The minimum atomic E-state index is -3.15. The number of aryl methyl sites for hydroxylation is 2. The zero-order valence-electron chi connectivity index (χ0n) is 11.0. The lowest BCUT2D eigenvalue weighted by molar-refractivity contribution is 0.593. The van der Waals surface area contributed by atoms with Crippen LogP contribution in [0.1, 0.15) is 17.5 Å². The topological polar surface area (TPSA) is 34.1 Å². The molecule has 0 fully saturated rings. The van der Waals surface area contributed by atoms with Crippen molar-refractivity contribution in [1.82, 2.24) is 0 Å². The molecule has 2 aromatic rings. The molecule has 100 valence electrons. The molecule has 2 nitrogen and oxygen atoms in total. The predicted octanol–water partition coefficient (Wildman–Crippen LogP) is 3.40. The first-order valence-corrected chi connectivity index (χ1v) is 8.06. The van der Waals surface area contributed by atoms with E-state index in [-0.39, 0.29) is 5.75 Å². The Balaban J connectivity index is 1.99. The van der Waals surface area contributed by atoms with Crippen molar-refractivity contribution >= 4 is 9.84 Å². The van der Waals surface area contributed by atoms with E-state index in [0.717, 1.165) is 12.0 Å². The zero-order valence-corrected chi connectivity index (χ0v) is 11.9. The Morgan fingerprint density at radius 1 is 0.947 bits per heavy atom. The van der Waals surface area contributed by atoms with Gasteiger partial charge in [-0.1, -0.05) is 42.5 Å². The number of benzene rings is 2. The smallest absolute Gasteiger partial charge is 0.178 e. The lowest BCUT2D eigenvalue weighted by Gasteiger charge is -2.05. The van der Waals surface area contributed by atoms with Crippen LogP contribution in [0, 0.1) is 6.92 Å². The van der Waals surface area contributed by atoms with Crippen LogP contribution >= 0.6 is 0 Å². The summed E-state index contributed by atoms with van der Waals surface area (Å²) in [5.74, 6) is 0.200. The third-order valence-corrected chi connectivity index (χ3v) is 4.87. The van der Waals surface area contributed by atoms with E-state index in [1.807, 2.05) is 43.3 Å². The van der Waals surface area contributed by atoms with E-state index in [2.05, 4.69) is 0 Å². The summed E-state index contributed by atoms with van der Waals surface area (Å²) in [5, 5.41) is 0. The highest BCUT2D eigenvalue weighted by molar-refractivity contribution is 7.91. The van der Waals surface area contributed by atoms with Gasteiger partial charge in [0.05, 0.1) is 10.6 Å². The summed E-state index contributed by atoms with van der Waals surface area (Å²) < 4.78 is 24.3. The second kappa shape index (κ2) is 6.02. The van der Waals surface area contributed by atoms with Gasteiger partial charge in [0.1, 0.15) is 0 Å². The highest BCUT2D eigenvalue weighted by atomic mass is 32.2. The molecular formula is C16H18O2S. The van der Waals surface area contributed by atoms with Crippen molar-refractivity contribution in [3.63, 3.8) is 0 Å². The molecule has 2 rings (SSSR count). The molecule has 0 saturated heterocycles. The molecule has 0 N–H and O–H groups in total. The molecule has 0 atom stereocenters. The number of rotatable bonds is 5. The molecule has 0 aliphatic rings. The average Bonchev–Trinajstić information content (AvgIpc) is 2.40. The number of hydrogen-bond acceptors (Lipinski definition) is 2. The van der Waals surface area contributed by atoms with E-state index in [9.17, 15) is 8.42 Å². The maximum absolute atomic E-state index is 12.2. The zero-order chi connectivity index (χ0) is 13.7. The van der Waals surface area contributed by atoms with Gasteiger partial charge in [0.2, 0.25) is 0 Å². The van der Waals surface area contributed by atoms with Crippen molar-refractivity contribution in [2.24, 2.45) is 0 Å². The van der Waals surface area contributed by atoms with Gasteiger partial charge in [-0.2, -0.15) is 0 Å². The molecule has 2 aromatic carbocycles. The number of sulfone groups is 1. The van der Waals surface area contributed by atoms with Gasteiger partial charge in [-0.15, -0.1) is 0 Å². The average molecular weight is 274 g/mol. The lowest BCUT2D eigenvalue weighted by atomic mass is 10.1. The minimum Gasteiger partial charge on any atom is -0.224 e. The van der Waals surface area contributed by atoms with Crippen molar-refractivity contribution in [2.75, 3.05) is 5.75 Å². The van der Waals surface area contributed by atoms with Crippen LogP contribution < -0.4 is 0 Å². The lowest BCUT2D eigenvalue weighted by Crippen LogP contribution is -2.08. The minimum absolute atomic E-state index is 0.200. The van der Waals surface area contributed by atoms with E-state index >= 15 is 0 Å². The van der Waals surface area contributed by atoms with Gasteiger partial charge in [-0.3, -0.25) is 0 Å². The van der Waals surface area contributed by atoms with E-state index in [1.165, 1.54) is 5.56 Å². The van der Waals surface area contributed by atoms with Crippen LogP contribution in [0.4, 0.5) is 0 Å². The fourth-order valence-corrected chi connectivity index (χ4v) is 3.45. The third kappa shape index (κ3) is 3.93. The number of hydrogen-bond donors (Lipinski definition) is 0. The van der Waals surface area contributed by atoms with Gasteiger partial charge in [0.25, 0.3) is 0 Å². The monoisotopic (exact) mass is 274 g/mol. The molecule has 0 heterocycles. The highest BCUT2D eigenvalue weighted by Gasteiger charge is 2.13. The molecule has 19 heavy (non-hydrogen) atoms. The van der Waals surface area contributed by atoms with Crippen molar-refractivity contribution in [2.45, 2.75) is 24.7 Å². The van der Waals surface area contributed by atoms with Crippen LogP contribution in [0.3, 0.4) is 0 Å². The standard InChI is InChI=1S/C16H18O2S/c1-14-7-5-11-16(13-14)19(17,18)12-6-10-15-8-3-2-4-9-15/h2-5,7-9,11,13H,6,10,12H2,1H3. The maximum Gasteiger partial charge on any atom is 0.178 e. The van der Waals surface area contributed by atoms with E-state index in [0.29, 0.717) is 11.3 Å². The predicted molar refractivity (Wildman–Crippen MR) is 78.0 cm³/mol. The van der Waals surface area contributed by atoms with Gasteiger partial charge >= 0.3 is 0 Å². The van der Waals surface area contributed by atoms with E-state index in [1.54, 1.807) is 18.2 Å². The highest BCUT2D eigenvalue weighted by Crippen LogP contribution is 2.14. The largest absolute Gasteiger partial charge is 0.224 e. The quantitative estimate of drug-likeness (QED) is 0.837. The summed E-state index contributed by atoms with van der Waals surface area (Å²) in [6.07, 6.45) is 1.45. The first kappa shape index (κ1) is 13.8. The Labute approximate surface area is 115 Å². The van der Waals surface area contributed by atoms with Crippen LogP contribution in [-0.2, 0) is 16.3 Å². The van der Waals surface area contributed by atoms with Crippen LogP contribution in [-0.4, -0.2) is 14.2 Å². The molecule has 0 spiro atoms. The fourth-order valence-electron chi connectivity index (χ4n) is 2.04. The Hall–Kier alpha value is -1.61. The van der Waals surface area contributed by atoms with Crippen molar-refractivity contribution < 1.29 is 8.42 Å². The summed E-state index contributed by atoms with van der Waals surface area (Å²) in [5.41, 5.74) is 2.16. The molecule has 0 saturated carbocycles. The van der Waals surface area contributed by atoms with Gasteiger partial charge in [-0.05, 0) is 43.0 Å². The van der Waals surface area contributed by atoms with Gasteiger partial charge in [0.15, 0.2) is 9.84 Å². The maximum atomic E-state index is 12.2. The second-order valence-electron chi connectivity index (χ2n) is 4.72. The summed E-state index contributed by atoms with van der Waals surface area (Å²) in [7, 11) is -3.15. The van der Waals surface area contributed by atoms with Crippen LogP contribution in [0.25, 0.3) is 0 Å². The normalized spacial score (nSPS) is 11.4. The van der Waals surface area contributed by atoms with E-state index < -0.39 is 9.84 Å². The SMILES string of the molecule is Cc1cccc(S(=O)(=O)CCCc2ccccc2)c1. The van der Waals surface area contributed by atoms with Crippen LogP contribution in [0.5, 0.6) is 0 Å². The van der Waals surface area contributed by atoms with Crippen molar-refractivity contribution in [3.8, 4) is 0 Å². The second-order valence-corrected chi connectivity index (χ2v) is 6.83. The van der Waals surface area contributed by atoms with Crippen molar-refractivity contribution in [3.05, 3.63) is 65.7 Å². The van der Waals surface area contributed by atoms with Gasteiger partial charge in [-0.25, -0.2) is 8.42 Å². The summed E-state index contributed by atoms with van der Waals surface area (Å²) >= 11 is 0. The molecule has 0 aliphatic heterocycles. The molecule has 3 heteroatoms. The van der Waals surface area contributed by atoms with Gasteiger partial charge < -0.3 is 0 Å². The van der Waals surface area contributed by atoms with Crippen molar-refractivity contribution in [1.29, 1.82) is 0 Å². The van der Waals surface area contributed by atoms with Crippen LogP contribution in [0.15, 0.2) is 59.5 Å². The molecule has 0 aliphatic carbocycles. The molecule has 0 unspecified atom stereocenters. The Bertz CT molecular complexity index is 631. The molecule has 0 aromatic heterocycles. The van der Waals surface area contributed by atoms with E-state index in [4.69, 9.17) is 0 Å². The van der Waals surface area contributed by atoms with Crippen LogP contribution in [0.2, 0.25) is 0 Å². The Morgan fingerprint density at radius 2 is 1.68 bits per heavy atom. The molecule has 0 amide bonds. The molecule has 0 bridgehead atoms. The third-order valence-electron chi connectivity index (χ3n) is 3.07. The Kier molecular flexibility index (Phi) is 4.38. The fraction of sp³-hybridized carbons (Fsp3) is 0.250. The first-order chi connectivity index (χ1) is 9.08. The first-order valence-electron chi connectivity index (χ1n) is 6.41. The Morgan fingerprint density at radius 3 is 2.37 bits per heavy atom. The van der Waals surface area contributed by atoms with Gasteiger partial charge in [0, 0.05) is 0 Å². The summed E-state index contributed by atoms with van der Waals surface area (Å²) in [4.78, 5) is 0.431. The summed E-state index contributed by atoms with van der Waals surface area (Å²) in [6.45, 7) is 1.91.